The Morgan fingerprint density at radius 2 is 1.70 bits per heavy atom. The monoisotopic (exact) mass is 444 g/mol. The Bertz CT molecular complexity index is 1040. The zero-order chi connectivity index (χ0) is 22.7. The third-order valence-electron chi connectivity index (χ3n) is 4.09. The number of rotatable bonds is 6. The number of esters is 1. The van der Waals surface area contributed by atoms with Gasteiger partial charge in [-0.05, 0) is 49.4 Å². The largest absolute Gasteiger partial charge is 0.465 e. The maximum absolute atomic E-state index is 13.0. The summed E-state index contributed by atoms with van der Waals surface area (Å²) in [5.74, 6) is -1.35. The summed E-state index contributed by atoms with van der Waals surface area (Å²) in [6, 6.07) is 7.95. The van der Waals surface area contributed by atoms with Crippen molar-refractivity contribution in [3.05, 3.63) is 59.7 Å². The number of nitrogens with zero attached hydrogens (tertiary/aromatic N) is 1. The SMILES string of the molecule is COC(=O)c1ccc(NC(=O)[C@@H](C)N(c2cccc(C(F)(F)F)c2)S(C)(=O)=O)cc1. The molecule has 2 aromatic rings. The molecule has 2 aromatic carbocycles. The number of anilines is 2. The van der Waals surface area contributed by atoms with Crippen LogP contribution in [-0.2, 0) is 25.7 Å². The number of nitrogens with one attached hydrogen (secondary N) is 1. The molecule has 162 valence electrons. The second-order valence-corrected chi connectivity index (χ2v) is 8.20. The Kier molecular flexibility index (Phi) is 6.76. The van der Waals surface area contributed by atoms with Crippen molar-refractivity contribution in [2.45, 2.75) is 19.1 Å². The average Bonchev–Trinajstić information content (AvgIpc) is 2.66. The molecule has 30 heavy (non-hydrogen) atoms. The number of carbonyl (C=O) groups is 2. The zero-order valence-electron chi connectivity index (χ0n) is 16.2. The van der Waals surface area contributed by atoms with Crippen LogP contribution in [0.15, 0.2) is 48.5 Å². The number of methoxy groups -OCH3 is 1. The molecule has 0 saturated heterocycles. The topological polar surface area (TPSA) is 92.8 Å². The van der Waals surface area contributed by atoms with E-state index in [1.54, 1.807) is 0 Å². The number of halogens is 3. The van der Waals surface area contributed by atoms with Crippen LogP contribution in [0.1, 0.15) is 22.8 Å². The maximum Gasteiger partial charge on any atom is 0.416 e. The summed E-state index contributed by atoms with van der Waals surface area (Å²) in [5.41, 5.74) is -0.835. The van der Waals surface area contributed by atoms with E-state index in [0.29, 0.717) is 10.4 Å². The molecule has 0 bridgehead atoms. The molecule has 0 heterocycles. The molecule has 0 aliphatic rings. The molecule has 0 saturated carbocycles. The molecule has 1 atom stereocenters. The van der Waals surface area contributed by atoms with Crippen LogP contribution in [0.4, 0.5) is 24.5 Å². The summed E-state index contributed by atoms with van der Waals surface area (Å²) in [6.07, 6.45) is -3.88. The number of benzene rings is 2. The molecule has 0 spiro atoms. The van der Waals surface area contributed by atoms with E-state index in [-0.39, 0.29) is 16.9 Å². The fraction of sp³-hybridized carbons (Fsp3) is 0.263. The van der Waals surface area contributed by atoms with Gasteiger partial charge in [0, 0.05) is 5.69 Å². The first-order valence-electron chi connectivity index (χ1n) is 8.50. The van der Waals surface area contributed by atoms with Crippen LogP contribution in [0.3, 0.4) is 0 Å². The first-order valence-corrected chi connectivity index (χ1v) is 10.4. The van der Waals surface area contributed by atoms with Crippen molar-refractivity contribution in [3.8, 4) is 0 Å². The Morgan fingerprint density at radius 1 is 1.10 bits per heavy atom. The van der Waals surface area contributed by atoms with Crippen LogP contribution in [0.2, 0.25) is 0 Å². The molecule has 7 nitrogen and oxygen atoms in total. The van der Waals surface area contributed by atoms with Gasteiger partial charge in [0.15, 0.2) is 0 Å². The molecule has 0 unspecified atom stereocenters. The minimum atomic E-state index is -4.67. The van der Waals surface area contributed by atoms with Crippen LogP contribution in [0.5, 0.6) is 0 Å². The highest BCUT2D eigenvalue weighted by atomic mass is 32.2. The van der Waals surface area contributed by atoms with E-state index in [2.05, 4.69) is 10.1 Å². The molecule has 1 N–H and O–H groups in total. The fourth-order valence-electron chi connectivity index (χ4n) is 2.68. The van der Waals surface area contributed by atoms with Crippen molar-refractivity contribution in [2.75, 3.05) is 23.0 Å². The van der Waals surface area contributed by atoms with Gasteiger partial charge in [-0.2, -0.15) is 13.2 Å². The summed E-state index contributed by atoms with van der Waals surface area (Å²) in [6.45, 7) is 1.25. The molecule has 2 rings (SSSR count). The Morgan fingerprint density at radius 3 is 2.20 bits per heavy atom. The summed E-state index contributed by atoms with van der Waals surface area (Å²) in [5, 5.41) is 2.47. The van der Waals surface area contributed by atoms with Crippen molar-refractivity contribution >= 4 is 33.3 Å². The van der Waals surface area contributed by atoms with Crippen LogP contribution in [0, 0.1) is 0 Å². The first-order chi connectivity index (χ1) is 13.8. The molecule has 1 amide bonds. The fourth-order valence-corrected chi connectivity index (χ4v) is 3.85. The first kappa shape index (κ1) is 23.2. The zero-order valence-corrected chi connectivity index (χ0v) is 17.0. The third kappa shape index (κ3) is 5.50. The Hall–Kier alpha value is -3.08. The summed E-state index contributed by atoms with van der Waals surface area (Å²) < 4.78 is 68.7. The number of sulfonamides is 1. The van der Waals surface area contributed by atoms with Gasteiger partial charge >= 0.3 is 12.1 Å². The van der Waals surface area contributed by atoms with Crippen LogP contribution in [-0.4, -0.2) is 39.7 Å². The molecule has 0 aromatic heterocycles. The van der Waals surface area contributed by atoms with Crippen molar-refractivity contribution < 1.29 is 35.9 Å². The van der Waals surface area contributed by atoms with E-state index >= 15 is 0 Å². The van der Waals surface area contributed by atoms with Crippen LogP contribution >= 0.6 is 0 Å². The number of ether oxygens (including phenoxy) is 1. The number of alkyl halides is 3. The second kappa shape index (κ2) is 8.74. The van der Waals surface area contributed by atoms with E-state index in [0.717, 1.165) is 18.4 Å². The predicted octanol–water partition coefficient (Wildman–Crippen LogP) is 3.29. The van der Waals surface area contributed by atoms with Gasteiger partial charge in [-0.1, -0.05) is 6.07 Å². The molecule has 0 fully saturated rings. The average molecular weight is 444 g/mol. The van der Waals surface area contributed by atoms with E-state index in [4.69, 9.17) is 0 Å². The predicted molar refractivity (Wildman–Crippen MR) is 105 cm³/mol. The van der Waals surface area contributed by atoms with E-state index < -0.39 is 39.7 Å². The minimum absolute atomic E-state index is 0.241. The standard InChI is InChI=1S/C19H19F3N2O5S/c1-12(17(25)23-15-9-7-13(8-10-15)18(26)29-2)24(30(3,27)28)16-6-4-5-14(11-16)19(20,21)22/h4-12H,1-3H3,(H,23,25)/t12-/m1/s1. The quantitative estimate of drug-likeness (QED) is 0.691. The lowest BCUT2D eigenvalue weighted by Crippen LogP contribution is -2.45. The summed E-state index contributed by atoms with van der Waals surface area (Å²) >= 11 is 0. The Balaban J connectivity index is 2.31. The van der Waals surface area contributed by atoms with Gasteiger partial charge in [0.25, 0.3) is 0 Å². The van der Waals surface area contributed by atoms with Gasteiger partial charge in [0.2, 0.25) is 15.9 Å². The molecule has 0 aliphatic carbocycles. The van der Waals surface area contributed by atoms with Gasteiger partial charge < -0.3 is 10.1 Å². The maximum atomic E-state index is 13.0. The summed E-state index contributed by atoms with van der Waals surface area (Å²) in [4.78, 5) is 24.0. The lowest BCUT2D eigenvalue weighted by Gasteiger charge is -2.28. The molecular weight excluding hydrogens is 425 g/mol. The highest BCUT2D eigenvalue weighted by molar-refractivity contribution is 7.92. The van der Waals surface area contributed by atoms with Crippen LogP contribution in [0.25, 0.3) is 0 Å². The van der Waals surface area contributed by atoms with Crippen molar-refractivity contribution in [1.82, 2.24) is 0 Å². The molecule has 0 aliphatic heterocycles. The third-order valence-corrected chi connectivity index (χ3v) is 5.33. The van der Waals surface area contributed by atoms with Gasteiger partial charge in [-0.25, -0.2) is 13.2 Å². The highest BCUT2D eigenvalue weighted by Gasteiger charge is 2.34. The normalized spacial score (nSPS) is 12.7. The highest BCUT2D eigenvalue weighted by Crippen LogP contribution is 2.33. The summed E-state index contributed by atoms with van der Waals surface area (Å²) in [7, 11) is -2.88. The number of carbonyl (C=O) groups excluding carboxylic acids is 2. The minimum Gasteiger partial charge on any atom is -0.465 e. The lowest BCUT2D eigenvalue weighted by atomic mass is 10.1. The molecule has 11 heteroatoms. The second-order valence-electron chi connectivity index (χ2n) is 6.34. The van der Waals surface area contributed by atoms with Gasteiger partial charge in [0.05, 0.1) is 30.2 Å². The molecular formula is C19H19F3N2O5S. The van der Waals surface area contributed by atoms with Crippen molar-refractivity contribution in [1.29, 1.82) is 0 Å². The van der Waals surface area contributed by atoms with Gasteiger partial charge in [-0.3, -0.25) is 9.10 Å². The van der Waals surface area contributed by atoms with E-state index in [9.17, 15) is 31.2 Å². The number of hydrogen-bond acceptors (Lipinski definition) is 5. The smallest absolute Gasteiger partial charge is 0.416 e. The van der Waals surface area contributed by atoms with E-state index in [1.807, 2.05) is 0 Å². The van der Waals surface area contributed by atoms with Crippen molar-refractivity contribution in [3.63, 3.8) is 0 Å². The lowest BCUT2D eigenvalue weighted by molar-refractivity contribution is -0.137. The van der Waals surface area contributed by atoms with E-state index in [1.165, 1.54) is 44.4 Å². The van der Waals surface area contributed by atoms with Gasteiger partial charge in [-0.15, -0.1) is 0 Å². The van der Waals surface area contributed by atoms with Crippen molar-refractivity contribution in [2.24, 2.45) is 0 Å². The Labute approximate surface area is 171 Å². The molecule has 0 radical (unpaired) electrons. The number of hydrogen-bond donors (Lipinski definition) is 1. The number of amides is 1. The van der Waals surface area contributed by atoms with Gasteiger partial charge in [0.1, 0.15) is 6.04 Å². The van der Waals surface area contributed by atoms with Crippen LogP contribution < -0.4 is 9.62 Å².